The SMILES string of the molecule is Cc1ccc(C(=N)c2ccc(C(=O)N3CCC(C(C)N(Cc4cccc(F)c4)c4ccccc4C)CC3)cc2C)cc1. The van der Waals surface area contributed by atoms with Crippen molar-refractivity contribution in [1.82, 2.24) is 4.90 Å². The van der Waals surface area contributed by atoms with E-state index < -0.39 is 0 Å². The van der Waals surface area contributed by atoms with Crippen LogP contribution < -0.4 is 4.90 Å². The maximum atomic E-state index is 14.0. The minimum Gasteiger partial charge on any atom is -0.364 e. The quantitative estimate of drug-likeness (QED) is 0.221. The van der Waals surface area contributed by atoms with Gasteiger partial charge in [0.25, 0.3) is 5.91 Å². The molecule has 4 aromatic carbocycles. The lowest BCUT2D eigenvalue weighted by molar-refractivity contribution is 0.0679. The van der Waals surface area contributed by atoms with Crippen LogP contribution in [0.1, 0.15) is 63.5 Å². The van der Waals surface area contributed by atoms with Crippen molar-refractivity contribution in [2.24, 2.45) is 5.92 Å². The second-order valence-electron chi connectivity index (χ2n) is 11.7. The first kappa shape index (κ1) is 29.2. The summed E-state index contributed by atoms with van der Waals surface area (Å²) in [4.78, 5) is 17.9. The third-order valence-electron chi connectivity index (χ3n) is 8.75. The van der Waals surface area contributed by atoms with Gasteiger partial charge in [-0.25, -0.2) is 4.39 Å². The molecule has 1 aliphatic rings. The smallest absolute Gasteiger partial charge is 0.253 e. The maximum absolute atomic E-state index is 14.0. The number of halogens is 1. The van der Waals surface area contributed by atoms with E-state index in [1.165, 1.54) is 17.3 Å². The zero-order valence-electron chi connectivity index (χ0n) is 25.0. The van der Waals surface area contributed by atoms with Crippen LogP contribution in [0, 0.1) is 37.9 Å². The number of amides is 1. The second kappa shape index (κ2) is 12.7. The molecule has 0 aromatic heterocycles. The largest absolute Gasteiger partial charge is 0.364 e. The Morgan fingerprint density at radius 2 is 1.57 bits per heavy atom. The van der Waals surface area contributed by atoms with Crippen LogP contribution >= 0.6 is 0 Å². The maximum Gasteiger partial charge on any atom is 0.253 e. The average Bonchev–Trinajstić information content (AvgIpc) is 3.00. The molecule has 5 rings (SSSR count). The number of nitrogens with one attached hydrogen (secondary N) is 1. The molecule has 0 saturated carbocycles. The summed E-state index contributed by atoms with van der Waals surface area (Å²) in [5.74, 6) is 0.237. The van der Waals surface area contributed by atoms with Crippen LogP contribution in [0.15, 0.2) is 91.0 Å². The number of hydrogen-bond acceptors (Lipinski definition) is 3. The Labute approximate surface area is 249 Å². The van der Waals surface area contributed by atoms with Gasteiger partial charge in [0, 0.05) is 48.1 Å². The van der Waals surface area contributed by atoms with Crippen LogP contribution in [0.4, 0.5) is 10.1 Å². The predicted octanol–water partition coefficient (Wildman–Crippen LogP) is 8.11. The highest BCUT2D eigenvalue weighted by Crippen LogP contribution is 2.32. The third-order valence-corrected chi connectivity index (χ3v) is 8.75. The van der Waals surface area contributed by atoms with Crippen molar-refractivity contribution in [3.05, 3.63) is 136 Å². The fourth-order valence-electron chi connectivity index (χ4n) is 6.14. The van der Waals surface area contributed by atoms with Gasteiger partial charge in [0.2, 0.25) is 0 Å². The van der Waals surface area contributed by atoms with Crippen molar-refractivity contribution >= 4 is 17.3 Å². The predicted molar refractivity (Wildman–Crippen MR) is 170 cm³/mol. The van der Waals surface area contributed by atoms with Crippen LogP contribution in [-0.4, -0.2) is 35.7 Å². The molecule has 1 heterocycles. The zero-order chi connectivity index (χ0) is 29.8. The van der Waals surface area contributed by atoms with Gasteiger partial charge in [-0.05, 0) is 93.5 Å². The highest BCUT2D eigenvalue weighted by Gasteiger charge is 2.31. The highest BCUT2D eigenvalue weighted by molar-refractivity contribution is 6.12. The number of hydrogen-bond donors (Lipinski definition) is 1. The Hall–Kier alpha value is -4.25. The molecule has 1 N–H and O–H groups in total. The molecular formula is C37H40FN3O. The first-order valence-corrected chi connectivity index (χ1v) is 14.8. The van der Waals surface area contributed by atoms with Gasteiger partial charge < -0.3 is 9.80 Å². The number of carbonyl (C=O) groups is 1. The van der Waals surface area contributed by atoms with Gasteiger partial charge in [0.15, 0.2) is 0 Å². The van der Waals surface area contributed by atoms with E-state index in [4.69, 9.17) is 5.41 Å². The molecule has 1 unspecified atom stereocenters. The standard InChI is InChI=1S/C37H40FN3O/c1-25-12-14-31(15-13-25)36(39)34-17-16-32(22-27(34)3)37(42)40-20-18-30(19-21-40)28(4)41(35-11-6-5-8-26(35)2)24-29-9-7-10-33(38)23-29/h5-17,22-23,28,30,39H,18-21,24H2,1-4H3. The third kappa shape index (κ3) is 6.46. The monoisotopic (exact) mass is 561 g/mol. The lowest BCUT2D eigenvalue weighted by Crippen LogP contribution is -2.46. The lowest BCUT2D eigenvalue weighted by atomic mass is 9.88. The summed E-state index contributed by atoms with van der Waals surface area (Å²) < 4.78 is 14.0. The van der Waals surface area contributed by atoms with Crippen LogP contribution in [0.5, 0.6) is 0 Å². The van der Waals surface area contributed by atoms with Gasteiger partial charge in [0.05, 0.1) is 5.71 Å². The van der Waals surface area contributed by atoms with Crippen molar-refractivity contribution in [2.75, 3.05) is 18.0 Å². The van der Waals surface area contributed by atoms with E-state index in [0.717, 1.165) is 40.7 Å². The Kier molecular flexibility index (Phi) is 8.86. The number of anilines is 1. The molecule has 1 saturated heterocycles. The minimum atomic E-state index is -0.216. The Morgan fingerprint density at radius 1 is 0.881 bits per heavy atom. The summed E-state index contributed by atoms with van der Waals surface area (Å²) in [5.41, 5.74) is 8.27. The molecule has 0 spiro atoms. The summed E-state index contributed by atoms with van der Waals surface area (Å²) in [6.45, 7) is 10.4. The number of benzene rings is 4. The molecule has 0 radical (unpaired) electrons. The Morgan fingerprint density at radius 3 is 2.24 bits per heavy atom. The van der Waals surface area contributed by atoms with E-state index in [9.17, 15) is 9.18 Å². The number of aryl methyl sites for hydroxylation is 3. The topological polar surface area (TPSA) is 47.4 Å². The summed E-state index contributed by atoms with van der Waals surface area (Å²) in [6.07, 6.45) is 1.82. The molecular weight excluding hydrogens is 521 g/mol. The summed E-state index contributed by atoms with van der Waals surface area (Å²) in [5, 5.41) is 8.69. The molecule has 1 amide bonds. The number of likely N-dealkylation sites (tertiary alicyclic amines) is 1. The van der Waals surface area contributed by atoms with Gasteiger partial charge in [0.1, 0.15) is 5.82 Å². The molecule has 4 nitrogen and oxygen atoms in total. The van der Waals surface area contributed by atoms with Crippen molar-refractivity contribution < 1.29 is 9.18 Å². The number of piperidine rings is 1. The van der Waals surface area contributed by atoms with Crippen molar-refractivity contribution in [1.29, 1.82) is 5.41 Å². The fourth-order valence-corrected chi connectivity index (χ4v) is 6.14. The minimum absolute atomic E-state index is 0.0492. The second-order valence-corrected chi connectivity index (χ2v) is 11.7. The molecule has 216 valence electrons. The van der Waals surface area contributed by atoms with Gasteiger partial charge >= 0.3 is 0 Å². The Bertz CT molecular complexity index is 1570. The van der Waals surface area contributed by atoms with E-state index in [2.05, 4.69) is 36.9 Å². The molecule has 42 heavy (non-hydrogen) atoms. The summed E-state index contributed by atoms with van der Waals surface area (Å²) in [6, 6.07) is 29.1. The van der Waals surface area contributed by atoms with E-state index in [0.29, 0.717) is 36.8 Å². The molecule has 0 bridgehead atoms. The molecule has 1 atom stereocenters. The van der Waals surface area contributed by atoms with E-state index in [1.54, 1.807) is 12.1 Å². The molecule has 4 aromatic rings. The molecule has 5 heteroatoms. The van der Waals surface area contributed by atoms with Crippen molar-refractivity contribution in [2.45, 2.75) is 53.1 Å². The molecule has 0 aliphatic carbocycles. The highest BCUT2D eigenvalue weighted by atomic mass is 19.1. The van der Waals surface area contributed by atoms with Gasteiger partial charge in [-0.15, -0.1) is 0 Å². The van der Waals surface area contributed by atoms with Gasteiger partial charge in [-0.2, -0.15) is 0 Å². The average molecular weight is 562 g/mol. The zero-order valence-corrected chi connectivity index (χ0v) is 25.0. The van der Waals surface area contributed by atoms with Crippen molar-refractivity contribution in [3.63, 3.8) is 0 Å². The first-order chi connectivity index (χ1) is 20.2. The number of nitrogens with zero attached hydrogens (tertiary/aromatic N) is 2. The van der Waals surface area contributed by atoms with Crippen LogP contribution in [0.25, 0.3) is 0 Å². The van der Waals surface area contributed by atoms with Crippen LogP contribution in [0.3, 0.4) is 0 Å². The number of para-hydroxylation sites is 1. The molecule has 1 aliphatic heterocycles. The van der Waals surface area contributed by atoms with Gasteiger partial charge in [-0.1, -0.05) is 66.2 Å². The normalized spacial score (nSPS) is 14.5. The summed E-state index contributed by atoms with van der Waals surface area (Å²) >= 11 is 0. The van der Waals surface area contributed by atoms with Gasteiger partial charge in [-0.3, -0.25) is 10.2 Å². The number of carbonyl (C=O) groups excluding carboxylic acids is 1. The fraction of sp³-hybridized carbons (Fsp3) is 0.297. The molecule has 1 fully saturated rings. The van der Waals surface area contributed by atoms with Crippen LogP contribution in [-0.2, 0) is 6.54 Å². The van der Waals surface area contributed by atoms with Crippen molar-refractivity contribution in [3.8, 4) is 0 Å². The van der Waals surface area contributed by atoms with Crippen LogP contribution in [0.2, 0.25) is 0 Å². The lowest BCUT2D eigenvalue weighted by Gasteiger charge is -2.41. The van der Waals surface area contributed by atoms with E-state index >= 15 is 0 Å². The Balaban J connectivity index is 1.27. The summed E-state index contributed by atoms with van der Waals surface area (Å²) in [7, 11) is 0. The van der Waals surface area contributed by atoms with E-state index in [1.807, 2.05) is 73.3 Å². The first-order valence-electron chi connectivity index (χ1n) is 14.8. The van der Waals surface area contributed by atoms with E-state index in [-0.39, 0.29) is 17.8 Å². The number of rotatable bonds is 8.